The predicted molar refractivity (Wildman–Crippen MR) is 92.2 cm³/mol. The third kappa shape index (κ3) is 2.78. The second-order valence-electron chi connectivity index (χ2n) is 5.51. The molecule has 5 nitrogen and oxygen atoms in total. The highest BCUT2D eigenvalue weighted by Crippen LogP contribution is 2.39. The van der Waals surface area contributed by atoms with Crippen LogP contribution in [0.2, 0.25) is 0 Å². The molecule has 0 spiro atoms. The number of hydrogen-bond donors (Lipinski definition) is 1. The Morgan fingerprint density at radius 1 is 1.25 bits per heavy atom. The standard InChI is InChI=1S/C18H16BrNO4/c1-2-9-20-15(13-4-3-10-24-13)14(17(22)18(20)23)16(21)11-5-7-12(19)8-6-11/h3-8,10,15,21H,2,9H2,1H3/b16-14-. The van der Waals surface area contributed by atoms with Gasteiger partial charge in [0, 0.05) is 16.6 Å². The number of aliphatic hydroxyl groups is 1. The lowest BCUT2D eigenvalue weighted by atomic mass is 9.99. The largest absolute Gasteiger partial charge is 0.507 e. The summed E-state index contributed by atoms with van der Waals surface area (Å²) in [5.41, 5.74) is 0.537. The van der Waals surface area contributed by atoms with Crippen LogP contribution in [0.15, 0.2) is 57.1 Å². The number of carbonyl (C=O) groups excluding carboxylic acids is 2. The van der Waals surface area contributed by atoms with Crippen molar-refractivity contribution >= 4 is 33.4 Å². The number of halogens is 1. The van der Waals surface area contributed by atoms with Crippen LogP contribution in [0.4, 0.5) is 0 Å². The minimum atomic E-state index is -0.705. The third-order valence-corrected chi connectivity index (χ3v) is 4.46. The number of hydrogen-bond acceptors (Lipinski definition) is 4. The minimum absolute atomic E-state index is 0.0609. The monoisotopic (exact) mass is 389 g/mol. The molecule has 24 heavy (non-hydrogen) atoms. The van der Waals surface area contributed by atoms with Crippen molar-refractivity contribution in [3.63, 3.8) is 0 Å². The highest BCUT2D eigenvalue weighted by molar-refractivity contribution is 9.10. The third-order valence-electron chi connectivity index (χ3n) is 3.93. The van der Waals surface area contributed by atoms with Gasteiger partial charge in [0.05, 0.1) is 11.8 Å². The first kappa shape index (κ1) is 16.5. The lowest BCUT2D eigenvalue weighted by molar-refractivity contribution is -0.140. The zero-order valence-corrected chi connectivity index (χ0v) is 14.6. The summed E-state index contributed by atoms with van der Waals surface area (Å²) >= 11 is 3.33. The summed E-state index contributed by atoms with van der Waals surface area (Å²) < 4.78 is 6.28. The van der Waals surface area contributed by atoms with Crippen molar-refractivity contribution in [2.45, 2.75) is 19.4 Å². The number of amides is 1. The summed E-state index contributed by atoms with van der Waals surface area (Å²) in [6.45, 7) is 2.33. The van der Waals surface area contributed by atoms with E-state index in [2.05, 4.69) is 15.9 Å². The van der Waals surface area contributed by atoms with E-state index in [0.29, 0.717) is 24.3 Å². The Morgan fingerprint density at radius 2 is 1.96 bits per heavy atom. The lowest BCUT2D eigenvalue weighted by Gasteiger charge is -2.22. The molecular formula is C18H16BrNO4. The van der Waals surface area contributed by atoms with Gasteiger partial charge < -0.3 is 14.4 Å². The van der Waals surface area contributed by atoms with Gasteiger partial charge in [0.1, 0.15) is 17.6 Å². The molecule has 1 aromatic heterocycles. The van der Waals surface area contributed by atoms with Gasteiger partial charge >= 0.3 is 0 Å². The number of benzene rings is 1. The molecule has 0 aliphatic carbocycles. The molecule has 1 N–H and O–H groups in total. The molecule has 2 aromatic rings. The molecule has 2 heterocycles. The molecule has 1 aliphatic rings. The molecule has 6 heteroatoms. The predicted octanol–water partition coefficient (Wildman–Crippen LogP) is 3.87. The summed E-state index contributed by atoms with van der Waals surface area (Å²) in [5.74, 6) is -1.04. The van der Waals surface area contributed by atoms with Crippen LogP contribution in [0.25, 0.3) is 5.76 Å². The highest BCUT2D eigenvalue weighted by Gasteiger charge is 2.46. The van der Waals surface area contributed by atoms with E-state index in [0.717, 1.165) is 4.47 Å². The van der Waals surface area contributed by atoms with E-state index >= 15 is 0 Å². The summed E-state index contributed by atoms with van der Waals surface area (Å²) in [6, 6.07) is 9.59. The van der Waals surface area contributed by atoms with E-state index in [9.17, 15) is 14.7 Å². The van der Waals surface area contributed by atoms with E-state index in [1.54, 1.807) is 36.4 Å². The van der Waals surface area contributed by atoms with Crippen molar-refractivity contribution in [2.75, 3.05) is 6.54 Å². The Hall–Kier alpha value is -2.34. The number of likely N-dealkylation sites (tertiary alicyclic amines) is 1. The van der Waals surface area contributed by atoms with Gasteiger partial charge in [-0.15, -0.1) is 0 Å². The van der Waals surface area contributed by atoms with Crippen LogP contribution in [0.1, 0.15) is 30.7 Å². The van der Waals surface area contributed by atoms with E-state index in [1.165, 1.54) is 11.2 Å². The van der Waals surface area contributed by atoms with Crippen LogP contribution in [-0.4, -0.2) is 28.2 Å². The summed E-state index contributed by atoms with van der Waals surface area (Å²) in [4.78, 5) is 26.4. The first-order chi connectivity index (χ1) is 11.5. The minimum Gasteiger partial charge on any atom is -0.507 e. The quantitative estimate of drug-likeness (QED) is 0.489. The zero-order chi connectivity index (χ0) is 17.3. The lowest BCUT2D eigenvalue weighted by Crippen LogP contribution is -2.30. The van der Waals surface area contributed by atoms with Gasteiger partial charge in [0.15, 0.2) is 0 Å². The van der Waals surface area contributed by atoms with Gasteiger partial charge in [0.2, 0.25) is 0 Å². The van der Waals surface area contributed by atoms with Crippen molar-refractivity contribution < 1.29 is 19.1 Å². The first-order valence-electron chi connectivity index (χ1n) is 7.62. The number of furan rings is 1. The smallest absolute Gasteiger partial charge is 0.295 e. The van der Waals surface area contributed by atoms with E-state index in [4.69, 9.17) is 4.42 Å². The van der Waals surface area contributed by atoms with Gasteiger partial charge in [-0.1, -0.05) is 35.0 Å². The van der Waals surface area contributed by atoms with Gasteiger partial charge in [-0.05, 0) is 30.7 Å². The first-order valence-corrected chi connectivity index (χ1v) is 8.41. The van der Waals surface area contributed by atoms with Crippen LogP contribution in [0, 0.1) is 0 Å². The number of ketones is 1. The molecule has 124 valence electrons. The number of rotatable bonds is 4. The average molecular weight is 390 g/mol. The Labute approximate surface area is 147 Å². The van der Waals surface area contributed by atoms with Crippen LogP contribution in [0.5, 0.6) is 0 Å². The second-order valence-corrected chi connectivity index (χ2v) is 6.43. The Kier molecular flexibility index (Phi) is 4.57. The van der Waals surface area contributed by atoms with Crippen LogP contribution < -0.4 is 0 Å². The topological polar surface area (TPSA) is 70.8 Å². The maximum Gasteiger partial charge on any atom is 0.295 e. The number of aliphatic hydroxyl groups excluding tert-OH is 1. The Morgan fingerprint density at radius 3 is 2.54 bits per heavy atom. The molecule has 1 saturated heterocycles. The Balaban J connectivity index is 2.15. The molecule has 0 bridgehead atoms. The highest BCUT2D eigenvalue weighted by atomic mass is 79.9. The summed E-state index contributed by atoms with van der Waals surface area (Å²) in [7, 11) is 0. The van der Waals surface area contributed by atoms with Crippen LogP contribution >= 0.6 is 15.9 Å². The van der Waals surface area contributed by atoms with Crippen molar-refractivity contribution in [3.8, 4) is 0 Å². The fraction of sp³-hybridized carbons (Fsp3) is 0.222. The van der Waals surface area contributed by atoms with Crippen molar-refractivity contribution in [1.82, 2.24) is 4.90 Å². The molecule has 1 unspecified atom stereocenters. The number of nitrogens with zero attached hydrogens (tertiary/aromatic N) is 1. The molecule has 1 atom stereocenters. The average Bonchev–Trinajstić information content (AvgIpc) is 3.18. The van der Waals surface area contributed by atoms with Crippen LogP contribution in [-0.2, 0) is 9.59 Å². The fourth-order valence-electron chi connectivity index (χ4n) is 2.86. The van der Waals surface area contributed by atoms with Gasteiger partial charge in [-0.3, -0.25) is 9.59 Å². The van der Waals surface area contributed by atoms with Gasteiger partial charge in [-0.25, -0.2) is 0 Å². The zero-order valence-electron chi connectivity index (χ0n) is 13.0. The molecule has 1 amide bonds. The van der Waals surface area contributed by atoms with Crippen molar-refractivity contribution in [1.29, 1.82) is 0 Å². The van der Waals surface area contributed by atoms with E-state index < -0.39 is 17.7 Å². The molecule has 0 saturated carbocycles. The molecule has 0 radical (unpaired) electrons. The van der Waals surface area contributed by atoms with Gasteiger partial charge in [-0.2, -0.15) is 0 Å². The Bertz CT molecular complexity index is 793. The number of Topliss-reactive ketones (excluding diaryl/α,β-unsaturated/α-hetero) is 1. The van der Waals surface area contributed by atoms with E-state index in [-0.39, 0.29) is 11.3 Å². The molecule has 1 fully saturated rings. The maximum absolute atomic E-state index is 12.5. The normalized spacial score (nSPS) is 19.9. The maximum atomic E-state index is 12.5. The van der Waals surface area contributed by atoms with Crippen LogP contribution in [0.3, 0.4) is 0 Å². The summed E-state index contributed by atoms with van der Waals surface area (Å²) in [5, 5.41) is 10.7. The molecular weight excluding hydrogens is 374 g/mol. The SMILES string of the molecule is CCCN1C(=O)C(=O)/C(=C(\O)c2ccc(Br)cc2)C1c1ccco1. The molecule has 1 aromatic carbocycles. The van der Waals surface area contributed by atoms with Gasteiger partial charge in [0.25, 0.3) is 11.7 Å². The van der Waals surface area contributed by atoms with Crippen molar-refractivity contribution in [3.05, 3.63) is 64.0 Å². The van der Waals surface area contributed by atoms with Crippen molar-refractivity contribution in [2.24, 2.45) is 0 Å². The number of carbonyl (C=O) groups is 2. The molecule has 1 aliphatic heterocycles. The molecule has 3 rings (SSSR count). The van der Waals surface area contributed by atoms with E-state index in [1.807, 2.05) is 6.92 Å². The summed E-state index contributed by atoms with van der Waals surface area (Å²) in [6.07, 6.45) is 2.18. The second kappa shape index (κ2) is 6.65. The fourth-order valence-corrected chi connectivity index (χ4v) is 3.12.